The summed E-state index contributed by atoms with van der Waals surface area (Å²) in [6.07, 6.45) is 2.73. The second kappa shape index (κ2) is 7.63. The van der Waals surface area contributed by atoms with Gasteiger partial charge in [0.2, 0.25) is 0 Å². The maximum absolute atomic E-state index is 11.0. The van der Waals surface area contributed by atoms with Crippen LogP contribution in [0.15, 0.2) is 0 Å². The molecule has 2 N–H and O–H groups in total. The van der Waals surface area contributed by atoms with Crippen molar-refractivity contribution in [2.75, 3.05) is 26.7 Å². The van der Waals surface area contributed by atoms with Crippen LogP contribution in [0, 0.1) is 0 Å². The van der Waals surface area contributed by atoms with Crippen LogP contribution in [0.25, 0.3) is 0 Å². The Morgan fingerprint density at radius 3 is 2.38 bits per heavy atom. The Morgan fingerprint density at radius 2 is 2.00 bits per heavy atom. The zero-order valence-electron chi connectivity index (χ0n) is 11.0. The van der Waals surface area contributed by atoms with Gasteiger partial charge in [0.05, 0.1) is 0 Å². The number of nitrogens with zero attached hydrogens (tertiary/aromatic N) is 1. The number of carbonyl (C=O) groups is 1. The Morgan fingerprint density at radius 1 is 1.38 bits per heavy atom. The van der Waals surface area contributed by atoms with E-state index < -0.39 is 11.5 Å². The zero-order chi connectivity index (χ0) is 12.6. The van der Waals surface area contributed by atoms with Gasteiger partial charge in [-0.15, -0.1) is 0 Å². The van der Waals surface area contributed by atoms with E-state index in [1.807, 2.05) is 0 Å². The van der Waals surface area contributed by atoms with E-state index >= 15 is 0 Å². The lowest BCUT2D eigenvalue weighted by molar-refractivity contribution is -0.144. The average Bonchev–Trinajstić information content (AvgIpc) is 2.27. The minimum absolute atomic E-state index is 0.666. The van der Waals surface area contributed by atoms with Crippen molar-refractivity contribution in [3.8, 4) is 0 Å². The predicted octanol–water partition coefficient (Wildman–Crippen LogP) is 1.56. The van der Waals surface area contributed by atoms with Crippen molar-refractivity contribution >= 4 is 5.97 Å². The SMILES string of the molecule is CCCN(CC)CCCC(C)(NC)C(=O)O. The number of carboxylic acid groups (broad SMARTS) is 1. The largest absolute Gasteiger partial charge is 0.480 e. The predicted molar refractivity (Wildman–Crippen MR) is 66.7 cm³/mol. The molecule has 0 heterocycles. The summed E-state index contributed by atoms with van der Waals surface area (Å²) >= 11 is 0. The highest BCUT2D eigenvalue weighted by atomic mass is 16.4. The van der Waals surface area contributed by atoms with Crippen molar-refractivity contribution < 1.29 is 9.90 Å². The first-order valence-electron chi connectivity index (χ1n) is 6.14. The first-order chi connectivity index (χ1) is 7.50. The number of carboxylic acids is 1. The molecule has 16 heavy (non-hydrogen) atoms. The smallest absolute Gasteiger partial charge is 0.323 e. The van der Waals surface area contributed by atoms with Crippen LogP contribution in [0.2, 0.25) is 0 Å². The van der Waals surface area contributed by atoms with Crippen molar-refractivity contribution in [2.24, 2.45) is 0 Å². The van der Waals surface area contributed by atoms with Crippen LogP contribution in [-0.2, 0) is 4.79 Å². The summed E-state index contributed by atoms with van der Waals surface area (Å²) in [7, 11) is 1.71. The lowest BCUT2D eigenvalue weighted by Gasteiger charge is -2.26. The van der Waals surface area contributed by atoms with Gasteiger partial charge in [0, 0.05) is 0 Å². The van der Waals surface area contributed by atoms with Crippen LogP contribution in [0.3, 0.4) is 0 Å². The minimum atomic E-state index is -0.786. The Balaban J connectivity index is 3.98. The first-order valence-corrected chi connectivity index (χ1v) is 6.14. The van der Waals surface area contributed by atoms with Gasteiger partial charge in [0.25, 0.3) is 0 Å². The van der Waals surface area contributed by atoms with Crippen molar-refractivity contribution in [3.63, 3.8) is 0 Å². The molecular weight excluding hydrogens is 204 g/mol. The molecule has 0 aliphatic carbocycles. The number of hydrogen-bond acceptors (Lipinski definition) is 3. The fraction of sp³-hybridized carbons (Fsp3) is 0.917. The number of aliphatic carboxylic acids is 1. The Kier molecular flexibility index (Phi) is 7.34. The molecule has 0 aromatic rings. The van der Waals surface area contributed by atoms with Gasteiger partial charge in [0.15, 0.2) is 0 Å². The summed E-state index contributed by atoms with van der Waals surface area (Å²) in [6.45, 7) is 9.17. The van der Waals surface area contributed by atoms with E-state index in [0.717, 1.165) is 32.5 Å². The van der Waals surface area contributed by atoms with E-state index in [1.165, 1.54) is 0 Å². The minimum Gasteiger partial charge on any atom is -0.480 e. The molecule has 0 aliphatic rings. The molecule has 96 valence electrons. The topological polar surface area (TPSA) is 52.6 Å². The molecule has 0 spiro atoms. The molecule has 0 bridgehead atoms. The third-order valence-electron chi connectivity index (χ3n) is 3.16. The van der Waals surface area contributed by atoms with Gasteiger partial charge in [-0.1, -0.05) is 13.8 Å². The molecule has 0 fully saturated rings. The fourth-order valence-electron chi connectivity index (χ4n) is 1.74. The third-order valence-corrected chi connectivity index (χ3v) is 3.16. The van der Waals surface area contributed by atoms with Crippen LogP contribution in [0.1, 0.15) is 40.0 Å². The Bertz CT molecular complexity index is 209. The van der Waals surface area contributed by atoms with Gasteiger partial charge in [-0.2, -0.15) is 0 Å². The lowest BCUT2D eigenvalue weighted by atomic mass is 9.96. The fourth-order valence-corrected chi connectivity index (χ4v) is 1.74. The molecule has 4 nitrogen and oxygen atoms in total. The molecule has 1 unspecified atom stereocenters. The molecule has 0 amide bonds. The van der Waals surface area contributed by atoms with Crippen LogP contribution >= 0.6 is 0 Å². The standard InChI is InChI=1S/C12H26N2O2/c1-5-9-14(6-2)10-7-8-12(3,13-4)11(15)16/h13H,5-10H2,1-4H3,(H,15,16). The second-order valence-corrected chi connectivity index (χ2v) is 4.43. The maximum atomic E-state index is 11.0. The molecule has 0 aromatic carbocycles. The first kappa shape index (κ1) is 15.4. The van der Waals surface area contributed by atoms with E-state index in [4.69, 9.17) is 5.11 Å². The summed E-state index contributed by atoms with van der Waals surface area (Å²) in [5.41, 5.74) is -0.786. The molecule has 0 aliphatic heterocycles. The van der Waals surface area contributed by atoms with Crippen LogP contribution in [-0.4, -0.2) is 48.2 Å². The summed E-state index contributed by atoms with van der Waals surface area (Å²) in [4.78, 5) is 13.4. The highest BCUT2D eigenvalue weighted by Crippen LogP contribution is 2.12. The van der Waals surface area contributed by atoms with Crippen LogP contribution in [0.4, 0.5) is 0 Å². The van der Waals surface area contributed by atoms with E-state index in [2.05, 4.69) is 24.1 Å². The number of nitrogens with one attached hydrogen (secondary N) is 1. The molecular formula is C12H26N2O2. The van der Waals surface area contributed by atoms with Crippen molar-refractivity contribution in [1.29, 1.82) is 0 Å². The number of likely N-dealkylation sites (N-methyl/N-ethyl adjacent to an activating group) is 1. The monoisotopic (exact) mass is 230 g/mol. The van der Waals surface area contributed by atoms with Gasteiger partial charge in [0.1, 0.15) is 5.54 Å². The summed E-state index contributed by atoms with van der Waals surface area (Å²) < 4.78 is 0. The van der Waals surface area contributed by atoms with Gasteiger partial charge < -0.3 is 15.3 Å². The summed E-state index contributed by atoms with van der Waals surface area (Å²) in [5, 5.41) is 12.0. The molecule has 0 saturated heterocycles. The molecule has 0 radical (unpaired) electrons. The van der Waals surface area contributed by atoms with Crippen LogP contribution in [0.5, 0.6) is 0 Å². The quantitative estimate of drug-likeness (QED) is 0.631. The number of hydrogen-bond donors (Lipinski definition) is 2. The summed E-state index contributed by atoms with van der Waals surface area (Å²) in [5.74, 6) is -0.770. The molecule has 0 rings (SSSR count). The highest BCUT2D eigenvalue weighted by Gasteiger charge is 2.30. The highest BCUT2D eigenvalue weighted by molar-refractivity contribution is 5.78. The van der Waals surface area contributed by atoms with Crippen LogP contribution < -0.4 is 5.32 Å². The molecule has 1 atom stereocenters. The van der Waals surface area contributed by atoms with Gasteiger partial charge >= 0.3 is 5.97 Å². The van der Waals surface area contributed by atoms with Crippen molar-refractivity contribution in [2.45, 2.75) is 45.6 Å². The maximum Gasteiger partial charge on any atom is 0.323 e. The van der Waals surface area contributed by atoms with Gasteiger partial charge in [-0.25, -0.2) is 0 Å². The van der Waals surface area contributed by atoms with Gasteiger partial charge in [-0.05, 0) is 52.9 Å². The Hall–Kier alpha value is -0.610. The van der Waals surface area contributed by atoms with Crippen molar-refractivity contribution in [3.05, 3.63) is 0 Å². The van der Waals surface area contributed by atoms with Crippen molar-refractivity contribution in [1.82, 2.24) is 10.2 Å². The third kappa shape index (κ3) is 4.94. The zero-order valence-corrected chi connectivity index (χ0v) is 11.0. The van der Waals surface area contributed by atoms with Gasteiger partial charge in [-0.3, -0.25) is 4.79 Å². The molecule has 4 heteroatoms. The average molecular weight is 230 g/mol. The van der Waals surface area contributed by atoms with E-state index in [0.29, 0.717) is 6.42 Å². The summed E-state index contributed by atoms with van der Waals surface area (Å²) in [6, 6.07) is 0. The Labute approximate surface area is 99.0 Å². The molecule has 0 aromatic heterocycles. The molecule has 0 saturated carbocycles. The number of rotatable bonds is 9. The van der Waals surface area contributed by atoms with E-state index in [1.54, 1.807) is 14.0 Å². The lowest BCUT2D eigenvalue weighted by Crippen LogP contribution is -2.47. The second-order valence-electron chi connectivity index (χ2n) is 4.43. The van der Waals surface area contributed by atoms with E-state index in [-0.39, 0.29) is 0 Å². The van der Waals surface area contributed by atoms with E-state index in [9.17, 15) is 4.79 Å². The normalized spacial score (nSPS) is 15.1.